The number of nitriles is 1. The number of halogens is 1. The first kappa shape index (κ1) is 20.0. The number of nitrogens with zero attached hydrogens (tertiary/aromatic N) is 1. The van der Waals surface area contributed by atoms with E-state index in [9.17, 15) is 14.4 Å². The predicted molar refractivity (Wildman–Crippen MR) is 114 cm³/mol. The second-order valence-corrected chi connectivity index (χ2v) is 6.84. The van der Waals surface area contributed by atoms with E-state index in [0.717, 1.165) is 16.7 Å². The summed E-state index contributed by atoms with van der Waals surface area (Å²) in [5.74, 6) is -0.749. The number of hydrogen-bond donors (Lipinski definition) is 1. The molecule has 0 saturated carbocycles. The van der Waals surface area contributed by atoms with Crippen LogP contribution in [0.15, 0.2) is 72.3 Å². The van der Waals surface area contributed by atoms with Gasteiger partial charge in [0.1, 0.15) is 17.5 Å². The smallest absolute Gasteiger partial charge is 0.266 e. The lowest BCUT2D eigenvalue weighted by Crippen LogP contribution is -2.14. The summed E-state index contributed by atoms with van der Waals surface area (Å²) in [5.41, 5.74) is 4.79. The Hall–Kier alpha value is -3.71. The zero-order valence-corrected chi connectivity index (χ0v) is 16.4. The number of amides is 1. The molecule has 0 aliphatic rings. The van der Waals surface area contributed by atoms with Crippen molar-refractivity contribution in [2.75, 3.05) is 5.32 Å². The molecule has 144 valence electrons. The van der Waals surface area contributed by atoms with E-state index in [1.165, 1.54) is 6.07 Å². The lowest BCUT2D eigenvalue weighted by molar-refractivity contribution is -0.112. The van der Waals surface area contributed by atoms with E-state index in [-0.39, 0.29) is 11.4 Å². The summed E-state index contributed by atoms with van der Waals surface area (Å²) in [6.07, 6.45) is 1.92. The van der Waals surface area contributed by atoms with E-state index < -0.39 is 5.91 Å². The molecule has 0 spiro atoms. The number of nitrogens with one attached hydrogen (secondary N) is 1. The van der Waals surface area contributed by atoms with Crippen LogP contribution in [0, 0.1) is 31.0 Å². The highest BCUT2D eigenvalue weighted by atomic mass is 19.1. The first-order valence-electron chi connectivity index (χ1n) is 9.30. The Bertz CT molecular complexity index is 1130. The van der Waals surface area contributed by atoms with Crippen LogP contribution in [-0.4, -0.2) is 5.91 Å². The second-order valence-electron chi connectivity index (χ2n) is 6.84. The Balaban J connectivity index is 1.90. The van der Waals surface area contributed by atoms with E-state index in [1.807, 2.05) is 56.3 Å². The molecule has 3 nitrogen and oxygen atoms in total. The quantitative estimate of drug-likeness (QED) is 0.461. The summed E-state index contributed by atoms with van der Waals surface area (Å²) in [5, 5.41) is 12.4. The molecule has 0 unspecified atom stereocenters. The number of aryl methyl sites for hydroxylation is 1. The van der Waals surface area contributed by atoms with E-state index in [2.05, 4.69) is 5.32 Å². The number of anilines is 1. The van der Waals surface area contributed by atoms with Crippen molar-refractivity contribution in [2.24, 2.45) is 0 Å². The van der Waals surface area contributed by atoms with Crippen molar-refractivity contribution < 1.29 is 9.18 Å². The molecule has 0 aliphatic heterocycles. The fourth-order valence-electron chi connectivity index (χ4n) is 3.06. The van der Waals surface area contributed by atoms with Crippen molar-refractivity contribution >= 4 is 17.7 Å². The number of benzene rings is 3. The highest BCUT2D eigenvalue weighted by Crippen LogP contribution is 2.21. The van der Waals surface area contributed by atoms with Crippen molar-refractivity contribution in [3.05, 3.63) is 106 Å². The van der Waals surface area contributed by atoms with Gasteiger partial charge in [-0.05, 0) is 59.9 Å². The van der Waals surface area contributed by atoms with Gasteiger partial charge in [-0.1, -0.05) is 54.6 Å². The molecule has 29 heavy (non-hydrogen) atoms. The summed E-state index contributed by atoms with van der Waals surface area (Å²) >= 11 is 0. The van der Waals surface area contributed by atoms with E-state index in [1.54, 1.807) is 30.3 Å². The third-order valence-corrected chi connectivity index (χ3v) is 4.91. The largest absolute Gasteiger partial charge is 0.321 e. The monoisotopic (exact) mass is 384 g/mol. The molecular weight excluding hydrogens is 363 g/mol. The zero-order valence-electron chi connectivity index (χ0n) is 16.4. The Morgan fingerprint density at radius 3 is 2.41 bits per heavy atom. The maximum absolute atomic E-state index is 14.0. The molecule has 3 aromatic rings. The van der Waals surface area contributed by atoms with Crippen molar-refractivity contribution in [3.8, 4) is 6.07 Å². The van der Waals surface area contributed by atoms with Crippen molar-refractivity contribution in [1.82, 2.24) is 0 Å². The van der Waals surface area contributed by atoms with Crippen LogP contribution >= 0.6 is 0 Å². The fraction of sp³-hybridized carbons (Fsp3) is 0.120. The summed E-state index contributed by atoms with van der Waals surface area (Å²) in [6, 6.07) is 21.6. The molecule has 1 N–H and O–H groups in total. The molecule has 0 saturated heterocycles. The molecule has 0 radical (unpaired) electrons. The summed E-state index contributed by atoms with van der Waals surface area (Å²) in [6.45, 7) is 3.88. The lowest BCUT2D eigenvalue weighted by Gasteiger charge is -2.11. The number of carbonyl (C=O) groups excluding carboxylic acids is 1. The Labute approximate surface area is 170 Å². The molecule has 3 rings (SSSR count). The lowest BCUT2D eigenvalue weighted by atomic mass is 9.98. The van der Waals surface area contributed by atoms with Crippen LogP contribution in [0.3, 0.4) is 0 Å². The van der Waals surface area contributed by atoms with E-state index in [0.29, 0.717) is 23.2 Å². The third kappa shape index (κ3) is 4.77. The van der Waals surface area contributed by atoms with Crippen LogP contribution < -0.4 is 5.32 Å². The Morgan fingerprint density at radius 2 is 1.69 bits per heavy atom. The average molecular weight is 384 g/mol. The van der Waals surface area contributed by atoms with Crippen molar-refractivity contribution in [1.29, 1.82) is 5.26 Å². The van der Waals surface area contributed by atoms with Gasteiger partial charge in [0.05, 0.1) is 0 Å². The number of hydrogen-bond acceptors (Lipinski definition) is 2. The maximum Gasteiger partial charge on any atom is 0.266 e. The highest BCUT2D eigenvalue weighted by molar-refractivity contribution is 6.10. The molecular formula is C25H21FN2O. The first-order valence-corrected chi connectivity index (χ1v) is 9.30. The Morgan fingerprint density at radius 1 is 1.00 bits per heavy atom. The number of rotatable bonds is 5. The average Bonchev–Trinajstić information content (AvgIpc) is 2.72. The highest BCUT2D eigenvalue weighted by Gasteiger charge is 2.13. The minimum absolute atomic E-state index is 0.00751. The molecule has 4 heteroatoms. The summed E-state index contributed by atoms with van der Waals surface area (Å²) in [7, 11) is 0. The van der Waals surface area contributed by atoms with Gasteiger partial charge in [0.25, 0.3) is 5.91 Å². The third-order valence-electron chi connectivity index (χ3n) is 4.91. The SMILES string of the molecule is Cc1cccc(NC(=O)/C(C#N)=C/c2ccccc2Cc2ccccc2F)c1C. The Kier molecular flexibility index (Phi) is 6.21. The number of carbonyl (C=O) groups is 1. The van der Waals surface area contributed by atoms with Gasteiger partial charge in [-0.25, -0.2) is 4.39 Å². The molecule has 3 aromatic carbocycles. The zero-order chi connectivity index (χ0) is 20.8. The van der Waals surface area contributed by atoms with Crippen LogP contribution in [0.25, 0.3) is 6.08 Å². The molecule has 1 amide bonds. The van der Waals surface area contributed by atoms with Gasteiger partial charge in [-0.15, -0.1) is 0 Å². The van der Waals surface area contributed by atoms with Crippen LogP contribution in [0.5, 0.6) is 0 Å². The molecule has 0 bridgehead atoms. The molecule has 0 aliphatic carbocycles. The van der Waals surface area contributed by atoms with Crippen LogP contribution in [0.2, 0.25) is 0 Å². The van der Waals surface area contributed by atoms with Crippen LogP contribution in [-0.2, 0) is 11.2 Å². The van der Waals surface area contributed by atoms with Crippen molar-refractivity contribution in [2.45, 2.75) is 20.3 Å². The standard InChI is InChI=1S/C25H21FN2O/c1-17-8-7-13-24(18(17)2)28-25(29)22(16-27)15-20-10-4-3-9-19(20)14-21-11-5-6-12-23(21)26/h3-13,15H,14H2,1-2H3,(H,28,29)/b22-15+. The normalized spacial score (nSPS) is 11.0. The molecule has 0 heterocycles. The molecule has 0 fully saturated rings. The second kappa shape index (κ2) is 8.99. The minimum atomic E-state index is -0.470. The first-order chi connectivity index (χ1) is 14.0. The van der Waals surface area contributed by atoms with Crippen LogP contribution in [0.1, 0.15) is 27.8 Å². The van der Waals surface area contributed by atoms with Gasteiger partial charge >= 0.3 is 0 Å². The van der Waals surface area contributed by atoms with Gasteiger partial charge in [0.15, 0.2) is 0 Å². The fourth-order valence-corrected chi connectivity index (χ4v) is 3.06. The minimum Gasteiger partial charge on any atom is -0.321 e. The maximum atomic E-state index is 14.0. The van der Waals surface area contributed by atoms with Gasteiger partial charge in [0.2, 0.25) is 0 Å². The van der Waals surface area contributed by atoms with Crippen LogP contribution in [0.4, 0.5) is 10.1 Å². The summed E-state index contributed by atoms with van der Waals surface area (Å²) in [4.78, 5) is 12.7. The van der Waals surface area contributed by atoms with Gasteiger partial charge < -0.3 is 5.32 Å². The summed E-state index contributed by atoms with van der Waals surface area (Å²) < 4.78 is 14.0. The van der Waals surface area contributed by atoms with Gasteiger partial charge in [-0.3, -0.25) is 4.79 Å². The van der Waals surface area contributed by atoms with Gasteiger partial charge in [0, 0.05) is 12.1 Å². The molecule has 0 atom stereocenters. The topological polar surface area (TPSA) is 52.9 Å². The van der Waals surface area contributed by atoms with Crippen molar-refractivity contribution in [3.63, 3.8) is 0 Å². The van der Waals surface area contributed by atoms with Gasteiger partial charge in [-0.2, -0.15) is 5.26 Å². The molecule has 0 aromatic heterocycles. The van der Waals surface area contributed by atoms with E-state index in [4.69, 9.17) is 0 Å². The predicted octanol–water partition coefficient (Wildman–Crippen LogP) is 5.58. The van der Waals surface area contributed by atoms with E-state index >= 15 is 0 Å².